The predicted molar refractivity (Wildman–Crippen MR) is 82.8 cm³/mol. The summed E-state index contributed by atoms with van der Waals surface area (Å²) in [6, 6.07) is 7.55. The fourth-order valence-corrected chi connectivity index (χ4v) is 2.95. The number of carbonyl (C=O) groups is 1. The molecule has 2 rings (SSSR count). The molecule has 1 atom stereocenters. The van der Waals surface area contributed by atoms with Gasteiger partial charge in [-0.05, 0) is 49.9 Å². The highest BCUT2D eigenvalue weighted by molar-refractivity contribution is 6.30. The highest BCUT2D eigenvalue weighted by Crippen LogP contribution is 2.34. The first kappa shape index (κ1) is 15.3. The summed E-state index contributed by atoms with van der Waals surface area (Å²) in [6.07, 6.45) is 0.973. The molecule has 1 fully saturated rings. The highest BCUT2D eigenvalue weighted by atomic mass is 35.5. The monoisotopic (exact) mass is 294 g/mol. The first-order chi connectivity index (χ1) is 9.28. The summed E-state index contributed by atoms with van der Waals surface area (Å²) < 4.78 is 0. The van der Waals surface area contributed by atoms with Crippen LogP contribution in [0.4, 0.5) is 0 Å². The van der Waals surface area contributed by atoms with Gasteiger partial charge in [-0.15, -0.1) is 0 Å². The second-order valence-electron chi connectivity index (χ2n) is 6.63. The number of nitrogens with zero attached hydrogens (tertiary/aromatic N) is 1. The zero-order valence-corrected chi connectivity index (χ0v) is 13.2. The van der Waals surface area contributed by atoms with Gasteiger partial charge in [-0.3, -0.25) is 4.79 Å². The van der Waals surface area contributed by atoms with E-state index in [1.807, 2.05) is 43.0 Å². The predicted octanol–water partition coefficient (Wildman–Crippen LogP) is 2.81. The molecule has 1 aromatic rings. The first-order valence-corrected chi connectivity index (χ1v) is 7.42. The number of rotatable bonds is 3. The van der Waals surface area contributed by atoms with Crippen LogP contribution in [0.2, 0.25) is 5.02 Å². The summed E-state index contributed by atoms with van der Waals surface area (Å²) >= 11 is 6.04. The second-order valence-corrected chi connectivity index (χ2v) is 7.06. The van der Waals surface area contributed by atoms with Crippen LogP contribution in [-0.2, 0) is 10.2 Å². The van der Waals surface area contributed by atoms with Crippen LogP contribution in [0.3, 0.4) is 0 Å². The number of halogens is 1. The van der Waals surface area contributed by atoms with Gasteiger partial charge in [0.2, 0.25) is 5.91 Å². The Labute approximate surface area is 126 Å². The molecular weight excluding hydrogens is 272 g/mol. The molecule has 1 aromatic carbocycles. The van der Waals surface area contributed by atoms with Crippen molar-refractivity contribution in [1.29, 1.82) is 0 Å². The molecule has 20 heavy (non-hydrogen) atoms. The minimum atomic E-state index is -0.565. The van der Waals surface area contributed by atoms with Crippen molar-refractivity contribution >= 4 is 17.5 Å². The number of nitrogens with two attached hydrogens (primary N) is 1. The van der Waals surface area contributed by atoms with Gasteiger partial charge in [-0.1, -0.05) is 30.7 Å². The zero-order valence-electron chi connectivity index (χ0n) is 12.4. The fraction of sp³-hybridized carbons (Fsp3) is 0.562. The van der Waals surface area contributed by atoms with Crippen molar-refractivity contribution in [3.63, 3.8) is 0 Å². The van der Waals surface area contributed by atoms with Crippen molar-refractivity contribution in [2.75, 3.05) is 19.6 Å². The van der Waals surface area contributed by atoms with Gasteiger partial charge in [-0.2, -0.15) is 0 Å². The van der Waals surface area contributed by atoms with Crippen LogP contribution in [0.1, 0.15) is 32.8 Å². The van der Waals surface area contributed by atoms with E-state index in [0.717, 1.165) is 25.1 Å². The number of benzene rings is 1. The average molecular weight is 295 g/mol. The van der Waals surface area contributed by atoms with Crippen LogP contribution in [0.5, 0.6) is 0 Å². The Hall–Kier alpha value is -1.06. The molecule has 3 nitrogen and oxygen atoms in total. The summed E-state index contributed by atoms with van der Waals surface area (Å²) in [5.41, 5.74) is 6.26. The maximum Gasteiger partial charge on any atom is 0.232 e. The number of likely N-dealkylation sites (tertiary alicyclic amines) is 1. The van der Waals surface area contributed by atoms with E-state index >= 15 is 0 Å². The highest BCUT2D eigenvalue weighted by Gasteiger charge is 2.40. The molecule has 0 spiro atoms. The van der Waals surface area contributed by atoms with E-state index in [4.69, 9.17) is 17.3 Å². The second kappa shape index (κ2) is 5.38. The van der Waals surface area contributed by atoms with Gasteiger partial charge in [0.25, 0.3) is 0 Å². The van der Waals surface area contributed by atoms with E-state index in [0.29, 0.717) is 11.6 Å². The maximum absolute atomic E-state index is 12.8. The topological polar surface area (TPSA) is 46.3 Å². The molecule has 0 radical (unpaired) electrons. The van der Waals surface area contributed by atoms with Gasteiger partial charge in [0, 0.05) is 18.1 Å². The zero-order chi connectivity index (χ0) is 15.0. The Balaban J connectivity index is 2.20. The Morgan fingerprint density at radius 2 is 2.20 bits per heavy atom. The molecule has 1 unspecified atom stereocenters. The lowest BCUT2D eigenvalue weighted by Gasteiger charge is -2.31. The SMILES string of the molecule is CC1(CN)CCN(C(=O)C(C)(C)c2cccc(Cl)c2)C1. The number of hydrogen-bond acceptors (Lipinski definition) is 2. The largest absolute Gasteiger partial charge is 0.341 e. The normalized spacial score (nSPS) is 23.1. The Morgan fingerprint density at radius 1 is 1.50 bits per heavy atom. The van der Waals surface area contributed by atoms with E-state index in [2.05, 4.69) is 6.92 Å². The quantitative estimate of drug-likeness (QED) is 0.932. The Morgan fingerprint density at radius 3 is 2.75 bits per heavy atom. The molecule has 1 aliphatic heterocycles. The van der Waals surface area contributed by atoms with Gasteiger partial charge in [-0.25, -0.2) is 0 Å². The third kappa shape index (κ3) is 2.84. The number of amides is 1. The average Bonchev–Trinajstić information content (AvgIpc) is 2.81. The summed E-state index contributed by atoms with van der Waals surface area (Å²) in [4.78, 5) is 14.8. The third-order valence-corrected chi connectivity index (χ3v) is 4.65. The summed E-state index contributed by atoms with van der Waals surface area (Å²) in [5.74, 6) is 0.150. The van der Waals surface area contributed by atoms with Gasteiger partial charge in [0.05, 0.1) is 5.41 Å². The first-order valence-electron chi connectivity index (χ1n) is 7.04. The third-order valence-electron chi connectivity index (χ3n) is 4.42. The molecular formula is C16H23ClN2O. The van der Waals surface area contributed by atoms with Crippen LogP contribution >= 0.6 is 11.6 Å². The van der Waals surface area contributed by atoms with Crippen LogP contribution < -0.4 is 5.73 Å². The van der Waals surface area contributed by atoms with Crippen molar-refractivity contribution in [2.24, 2.45) is 11.1 Å². The maximum atomic E-state index is 12.8. The van der Waals surface area contributed by atoms with E-state index in [-0.39, 0.29) is 11.3 Å². The van der Waals surface area contributed by atoms with E-state index < -0.39 is 5.41 Å². The van der Waals surface area contributed by atoms with Gasteiger partial charge in [0.1, 0.15) is 0 Å². The minimum absolute atomic E-state index is 0.0556. The fourth-order valence-electron chi connectivity index (χ4n) is 2.76. The minimum Gasteiger partial charge on any atom is -0.341 e. The molecule has 4 heteroatoms. The lowest BCUT2D eigenvalue weighted by molar-refractivity contribution is -0.135. The number of carbonyl (C=O) groups excluding carboxylic acids is 1. The Kier molecular flexibility index (Phi) is 4.12. The summed E-state index contributed by atoms with van der Waals surface area (Å²) in [6.45, 7) is 8.21. The summed E-state index contributed by atoms with van der Waals surface area (Å²) in [5, 5.41) is 0.664. The standard InChI is InChI=1S/C16H23ClN2O/c1-15(2,12-5-4-6-13(17)9-12)14(20)19-8-7-16(3,10-18)11-19/h4-6,9H,7-8,10-11,18H2,1-3H3. The molecule has 2 N–H and O–H groups in total. The smallest absolute Gasteiger partial charge is 0.232 e. The molecule has 0 saturated carbocycles. The van der Waals surface area contributed by atoms with E-state index in [1.54, 1.807) is 0 Å². The van der Waals surface area contributed by atoms with Crippen molar-refractivity contribution in [3.8, 4) is 0 Å². The van der Waals surface area contributed by atoms with Gasteiger partial charge < -0.3 is 10.6 Å². The molecule has 0 aliphatic carbocycles. The molecule has 0 bridgehead atoms. The van der Waals surface area contributed by atoms with Crippen molar-refractivity contribution < 1.29 is 4.79 Å². The van der Waals surface area contributed by atoms with Crippen molar-refractivity contribution in [3.05, 3.63) is 34.9 Å². The molecule has 1 heterocycles. The molecule has 1 saturated heterocycles. The number of hydrogen-bond donors (Lipinski definition) is 1. The lowest BCUT2D eigenvalue weighted by Crippen LogP contribution is -2.43. The molecule has 1 aliphatic rings. The molecule has 0 aromatic heterocycles. The van der Waals surface area contributed by atoms with Crippen LogP contribution in [0.25, 0.3) is 0 Å². The Bertz CT molecular complexity index is 515. The van der Waals surface area contributed by atoms with Crippen LogP contribution in [0, 0.1) is 5.41 Å². The lowest BCUT2D eigenvalue weighted by atomic mass is 9.83. The van der Waals surface area contributed by atoms with Crippen LogP contribution in [-0.4, -0.2) is 30.4 Å². The molecule has 1 amide bonds. The van der Waals surface area contributed by atoms with Crippen molar-refractivity contribution in [2.45, 2.75) is 32.6 Å². The van der Waals surface area contributed by atoms with Gasteiger partial charge in [0.15, 0.2) is 0 Å². The molecule has 110 valence electrons. The summed E-state index contributed by atoms with van der Waals surface area (Å²) in [7, 11) is 0. The van der Waals surface area contributed by atoms with Crippen molar-refractivity contribution in [1.82, 2.24) is 4.90 Å². The van der Waals surface area contributed by atoms with Crippen LogP contribution in [0.15, 0.2) is 24.3 Å². The van der Waals surface area contributed by atoms with E-state index in [1.165, 1.54) is 0 Å². The van der Waals surface area contributed by atoms with Gasteiger partial charge >= 0.3 is 0 Å². The van der Waals surface area contributed by atoms with E-state index in [9.17, 15) is 4.79 Å².